The van der Waals surface area contributed by atoms with Crippen LogP contribution in [0.2, 0.25) is 0 Å². The molecule has 0 bridgehead atoms. The summed E-state index contributed by atoms with van der Waals surface area (Å²) in [5.74, 6) is -3.55. The summed E-state index contributed by atoms with van der Waals surface area (Å²) in [6.45, 7) is 0. The number of aromatic nitrogens is 1. The van der Waals surface area contributed by atoms with Gasteiger partial charge < -0.3 is 5.32 Å². The molecule has 16 heavy (non-hydrogen) atoms. The second-order valence-corrected chi connectivity index (χ2v) is 4.07. The van der Waals surface area contributed by atoms with Crippen molar-refractivity contribution in [3.63, 3.8) is 0 Å². The zero-order valence-corrected chi connectivity index (χ0v) is 8.77. The molecule has 0 aliphatic heterocycles. The average molecular weight is 230 g/mol. The highest BCUT2D eigenvalue weighted by Crippen LogP contribution is 2.22. The van der Waals surface area contributed by atoms with E-state index in [0.29, 0.717) is 6.07 Å². The van der Waals surface area contributed by atoms with Crippen LogP contribution in [0.3, 0.4) is 0 Å². The van der Waals surface area contributed by atoms with Crippen LogP contribution in [0.4, 0.5) is 19.0 Å². The van der Waals surface area contributed by atoms with Crippen LogP contribution >= 0.6 is 0 Å². The maximum Gasteiger partial charge on any atom is 0.251 e. The number of nitrogens with zero attached hydrogens (tertiary/aromatic N) is 1. The fraction of sp³-hybridized carbons (Fsp3) is 0.545. The third-order valence-electron chi connectivity index (χ3n) is 2.83. The van der Waals surface area contributed by atoms with Crippen LogP contribution in [0.15, 0.2) is 6.07 Å². The summed E-state index contributed by atoms with van der Waals surface area (Å²) in [5.41, 5.74) is 0. The van der Waals surface area contributed by atoms with Gasteiger partial charge in [0.15, 0.2) is 17.5 Å². The van der Waals surface area contributed by atoms with Crippen molar-refractivity contribution in [2.75, 3.05) is 5.32 Å². The van der Waals surface area contributed by atoms with Crippen molar-refractivity contribution < 1.29 is 13.2 Å². The van der Waals surface area contributed by atoms with Crippen LogP contribution in [-0.2, 0) is 0 Å². The second-order valence-electron chi connectivity index (χ2n) is 4.07. The summed E-state index contributed by atoms with van der Waals surface area (Å²) in [6.07, 6.45) is 5.15. The molecule has 0 unspecified atom stereocenters. The van der Waals surface area contributed by atoms with E-state index in [1.165, 1.54) is 6.42 Å². The Morgan fingerprint density at radius 2 is 1.75 bits per heavy atom. The molecule has 0 atom stereocenters. The van der Waals surface area contributed by atoms with E-state index in [4.69, 9.17) is 0 Å². The lowest BCUT2D eigenvalue weighted by Crippen LogP contribution is -2.23. The Balaban J connectivity index is 2.11. The van der Waals surface area contributed by atoms with E-state index < -0.39 is 17.6 Å². The van der Waals surface area contributed by atoms with Crippen molar-refractivity contribution >= 4 is 5.82 Å². The molecule has 5 heteroatoms. The number of nitrogens with one attached hydrogen (secondary N) is 1. The fourth-order valence-electron chi connectivity index (χ4n) is 1.99. The van der Waals surface area contributed by atoms with Gasteiger partial charge in [-0.2, -0.15) is 9.37 Å². The summed E-state index contributed by atoms with van der Waals surface area (Å²) in [5, 5.41) is 2.82. The van der Waals surface area contributed by atoms with Crippen LogP contribution in [0.5, 0.6) is 0 Å². The zero-order chi connectivity index (χ0) is 11.5. The molecule has 0 radical (unpaired) electrons. The maximum atomic E-state index is 13.3. The first kappa shape index (κ1) is 11.2. The van der Waals surface area contributed by atoms with E-state index in [2.05, 4.69) is 10.3 Å². The summed E-state index contributed by atoms with van der Waals surface area (Å²) in [4.78, 5) is 3.24. The molecule has 1 fully saturated rings. The Morgan fingerprint density at radius 1 is 1.06 bits per heavy atom. The SMILES string of the molecule is Fc1cc(F)c(NC2CCCCC2)nc1F. The Bertz CT molecular complexity index is 376. The Labute approximate surface area is 91.9 Å². The van der Waals surface area contributed by atoms with Crippen LogP contribution < -0.4 is 5.32 Å². The Hall–Kier alpha value is -1.26. The number of rotatable bonds is 2. The first-order valence-electron chi connectivity index (χ1n) is 5.45. The molecular formula is C11H13F3N2. The van der Waals surface area contributed by atoms with Gasteiger partial charge in [-0.05, 0) is 12.8 Å². The zero-order valence-electron chi connectivity index (χ0n) is 8.77. The first-order valence-corrected chi connectivity index (χ1v) is 5.45. The van der Waals surface area contributed by atoms with E-state index in [0.717, 1.165) is 25.7 Å². The normalized spacial score (nSPS) is 17.4. The Morgan fingerprint density at radius 3 is 2.44 bits per heavy atom. The van der Waals surface area contributed by atoms with Crippen LogP contribution in [0, 0.1) is 17.6 Å². The van der Waals surface area contributed by atoms with Crippen molar-refractivity contribution in [1.29, 1.82) is 0 Å². The van der Waals surface area contributed by atoms with Crippen LogP contribution in [0.25, 0.3) is 0 Å². The highest BCUT2D eigenvalue weighted by atomic mass is 19.2. The molecule has 0 amide bonds. The minimum atomic E-state index is -1.26. The topological polar surface area (TPSA) is 24.9 Å². The van der Waals surface area contributed by atoms with Crippen LogP contribution in [-0.4, -0.2) is 11.0 Å². The molecule has 88 valence electrons. The molecule has 1 aliphatic rings. The molecular weight excluding hydrogens is 217 g/mol. The third-order valence-corrected chi connectivity index (χ3v) is 2.83. The highest BCUT2D eigenvalue weighted by Gasteiger charge is 2.17. The lowest BCUT2D eigenvalue weighted by atomic mass is 9.95. The van der Waals surface area contributed by atoms with E-state index in [9.17, 15) is 13.2 Å². The molecule has 1 aliphatic carbocycles. The van der Waals surface area contributed by atoms with Gasteiger partial charge in [0.05, 0.1) is 0 Å². The summed E-state index contributed by atoms with van der Waals surface area (Å²) in [6, 6.07) is 0.633. The molecule has 0 saturated heterocycles. The van der Waals surface area contributed by atoms with Gasteiger partial charge in [0.25, 0.3) is 5.95 Å². The fourth-order valence-corrected chi connectivity index (χ4v) is 1.99. The minimum Gasteiger partial charge on any atom is -0.365 e. The minimum absolute atomic E-state index is 0.112. The lowest BCUT2D eigenvalue weighted by Gasteiger charge is -2.23. The number of hydrogen-bond acceptors (Lipinski definition) is 2. The van der Waals surface area contributed by atoms with Gasteiger partial charge in [-0.25, -0.2) is 8.78 Å². The van der Waals surface area contributed by atoms with Gasteiger partial charge in [-0.1, -0.05) is 19.3 Å². The largest absolute Gasteiger partial charge is 0.365 e. The van der Waals surface area contributed by atoms with Gasteiger partial charge in [0.1, 0.15) is 0 Å². The monoisotopic (exact) mass is 230 g/mol. The van der Waals surface area contributed by atoms with Crippen molar-refractivity contribution in [2.24, 2.45) is 0 Å². The number of halogens is 3. The molecule has 1 saturated carbocycles. The molecule has 1 aromatic rings. The van der Waals surface area contributed by atoms with Gasteiger partial charge in [0.2, 0.25) is 0 Å². The quantitative estimate of drug-likeness (QED) is 0.789. The van der Waals surface area contributed by atoms with E-state index in [-0.39, 0.29) is 11.9 Å². The molecule has 1 heterocycles. The van der Waals surface area contributed by atoms with E-state index >= 15 is 0 Å². The molecule has 2 rings (SSSR count). The predicted molar refractivity (Wildman–Crippen MR) is 54.6 cm³/mol. The number of pyridine rings is 1. The molecule has 1 aromatic heterocycles. The van der Waals surface area contributed by atoms with E-state index in [1.807, 2.05) is 0 Å². The molecule has 1 N–H and O–H groups in total. The first-order chi connectivity index (χ1) is 7.66. The van der Waals surface area contributed by atoms with E-state index in [1.54, 1.807) is 0 Å². The highest BCUT2D eigenvalue weighted by molar-refractivity contribution is 5.37. The smallest absolute Gasteiger partial charge is 0.251 e. The summed E-state index contributed by atoms with van der Waals surface area (Å²) < 4.78 is 38.7. The van der Waals surface area contributed by atoms with Gasteiger partial charge in [-0.3, -0.25) is 0 Å². The average Bonchev–Trinajstić information content (AvgIpc) is 2.27. The molecule has 0 spiro atoms. The van der Waals surface area contributed by atoms with Crippen molar-refractivity contribution in [3.05, 3.63) is 23.6 Å². The molecule has 2 nitrogen and oxygen atoms in total. The molecule has 0 aromatic carbocycles. The van der Waals surface area contributed by atoms with Crippen molar-refractivity contribution in [1.82, 2.24) is 4.98 Å². The Kier molecular flexibility index (Phi) is 3.31. The second kappa shape index (κ2) is 4.72. The lowest BCUT2D eigenvalue weighted by molar-refractivity contribution is 0.447. The maximum absolute atomic E-state index is 13.3. The van der Waals surface area contributed by atoms with Gasteiger partial charge >= 0.3 is 0 Å². The van der Waals surface area contributed by atoms with Crippen LogP contribution in [0.1, 0.15) is 32.1 Å². The standard InChI is InChI=1S/C11H13F3N2/c12-8-6-9(13)11(16-10(8)14)15-7-4-2-1-3-5-7/h6-7H,1-5H2,(H,15,16). The van der Waals surface area contributed by atoms with Crippen molar-refractivity contribution in [3.8, 4) is 0 Å². The summed E-state index contributed by atoms with van der Waals surface area (Å²) in [7, 11) is 0. The summed E-state index contributed by atoms with van der Waals surface area (Å²) >= 11 is 0. The number of anilines is 1. The predicted octanol–water partition coefficient (Wildman–Crippen LogP) is 3.24. The number of hydrogen-bond donors (Lipinski definition) is 1. The third kappa shape index (κ3) is 2.46. The van der Waals surface area contributed by atoms with Gasteiger partial charge in [-0.15, -0.1) is 0 Å². The van der Waals surface area contributed by atoms with Gasteiger partial charge in [0, 0.05) is 12.1 Å². The van der Waals surface area contributed by atoms with Crippen molar-refractivity contribution in [2.45, 2.75) is 38.1 Å².